The molecule has 110 valence electrons. The van der Waals surface area contributed by atoms with Crippen LogP contribution in [0.4, 0.5) is 0 Å². The minimum absolute atomic E-state index is 0.0727. The van der Waals surface area contributed by atoms with Crippen molar-refractivity contribution in [3.05, 3.63) is 87.9 Å². The summed E-state index contributed by atoms with van der Waals surface area (Å²) in [5, 5.41) is 0. The van der Waals surface area contributed by atoms with E-state index in [0.717, 1.165) is 15.6 Å². The van der Waals surface area contributed by atoms with Crippen LogP contribution in [0.5, 0.6) is 0 Å². The molecule has 0 aliphatic rings. The van der Waals surface area contributed by atoms with Crippen LogP contribution in [-0.2, 0) is 6.54 Å². The fourth-order valence-corrected chi connectivity index (χ4v) is 2.81. The van der Waals surface area contributed by atoms with Gasteiger partial charge in [0, 0.05) is 29.0 Å². The monoisotopic (exact) mass is 354 g/mol. The number of ketones is 1. The zero-order valence-corrected chi connectivity index (χ0v) is 13.7. The van der Waals surface area contributed by atoms with Crippen LogP contribution in [0.2, 0.25) is 0 Å². The Morgan fingerprint density at radius 1 is 1.14 bits per heavy atom. The molecule has 0 spiro atoms. The first-order valence-electron chi connectivity index (χ1n) is 7.01. The minimum Gasteiger partial charge on any atom is -0.324 e. The first-order chi connectivity index (χ1) is 10.7. The average Bonchev–Trinajstić information content (AvgIpc) is 2.98. The third-order valence-corrected chi connectivity index (χ3v) is 4.60. The summed E-state index contributed by atoms with van der Waals surface area (Å²) in [5.41, 5.74) is 2.81. The molecule has 1 heterocycles. The molecule has 0 bridgehead atoms. The van der Waals surface area contributed by atoms with Crippen molar-refractivity contribution in [2.24, 2.45) is 0 Å². The predicted octanol–water partition coefficient (Wildman–Crippen LogP) is 4.23. The lowest BCUT2D eigenvalue weighted by Gasteiger charge is -2.09. The molecule has 0 radical (unpaired) electrons. The van der Waals surface area contributed by atoms with Crippen LogP contribution in [0.3, 0.4) is 0 Å². The van der Waals surface area contributed by atoms with E-state index in [1.807, 2.05) is 66.2 Å². The Morgan fingerprint density at radius 2 is 1.91 bits per heavy atom. The van der Waals surface area contributed by atoms with Gasteiger partial charge >= 0.3 is 0 Å². The number of aromatic nitrogens is 2. The summed E-state index contributed by atoms with van der Waals surface area (Å²) in [6.45, 7) is 2.60. The summed E-state index contributed by atoms with van der Waals surface area (Å²) in [6, 6.07) is 15.7. The Labute approximate surface area is 137 Å². The predicted molar refractivity (Wildman–Crippen MR) is 90.1 cm³/mol. The summed E-state index contributed by atoms with van der Waals surface area (Å²) in [5.74, 6) is 0.381. The lowest BCUT2D eigenvalue weighted by Crippen LogP contribution is -2.12. The second-order valence-electron chi connectivity index (χ2n) is 5.13. The Balaban J connectivity index is 1.95. The number of hydrogen-bond donors (Lipinski definition) is 0. The van der Waals surface area contributed by atoms with Crippen molar-refractivity contribution in [3.8, 4) is 0 Å². The molecule has 0 atom stereocenters. The van der Waals surface area contributed by atoms with Crippen LogP contribution in [0.1, 0.15) is 27.3 Å². The van der Waals surface area contributed by atoms with E-state index in [1.165, 1.54) is 0 Å². The molecule has 1 aromatic heterocycles. The van der Waals surface area contributed by atoms with Gasteiger partial charge in [-0.2, -0.15) is 0 Å². The molecule has 3 rings (SSSR count). The van der Waals surface area contributed by atoms with Crippen LogP contribution in [0, 0.1) is 6.92 Å². The standard InChI is InChI=1S/C18H15BrN2O/c1-13-6-5-9-15(16(13)19)17(22)18-20-10-11-21(18)12-14-7-3-2-4-8-14/h2-11H,12H2,1H3. The van der Waals surface area contributed by atoms with E-state index in [1.54, 1.807) is 6.20 Å². The summed E-state index contributed by atoms with van der Waals surface area (Å²) in [7, 11) is 0. The fourth-order valence-electron chi connectivity index (χ4n) is 2.37. The highest BCUT2D eigenvalue weighted by atomic mass is 79.9. The highest BCUT2D eigenvalue weighted by Crippen LogP contribution is 2.23. The molecule has 4 heteroatoms. The van der Waals surface area contributed by atoms with Crippen LogP contribution in [-0.4, -0.2) is 15.3 Å². The lowest BCUT2D eigenvalue weighted by atomic mass is 10.1. The molecule has 3 aromatic rings. The van der Waals surface area contributed by atoms with E-state index >= 15 is 0 Å². The first kappa shape index (κ1) is 14.7. The van der Waals surface area contributed by atoms with Gasteiger partial charge in [0.15, 0.2) is 5.82 Å². The van der Waals surface area contributed by atoms with E-state index in [2.05, 4.69) is 20.9 Å². The van der Waals surface area contributed by atoms with Crippen molar-refractivity contribution in [3.63, 3.8) is 0 Å². The van der Waals surface area contributed by atoms with Gasteiger partial charge in [0.25, 0.3) is 0 Å². The Kier molecular flexibility index (Phi) is 4.20. The van der Waals surface area contributed by atoms with Gasteiger partial charge < -0.3 is 4.57 Å². The highest BCUT2D eigenvalue weighted by molar-refractivity contribution is 9.10. The largest absolute Gasteiger partial charge is 0.324 e. The van der Waals surface area contributed by atoms with Gasteiger partial charge in [0.1, 0.15) is 0 Å². The molecular weight excluding hydrogens is 340 g/mol. The molecule has 0 aliphatic carbocycles. The molecule has 0 saturated carbocycles. The van der Waals surface area contributed by atoms with Gasteiger partial charge in [0.05, 0.1) is 0 Å². The molecule has 0 aliphatic heterocycles. The van der Waals surface area contributed by atoms with Gasteiger partial charge in [-0.3, -0.25) is 4.79 Å². The van der Waals surface area contributed by atoms with Gasteiger partial charge in [0.2, 0.25) is 5.78 Å². The lowest BCUT2D eigenvalue weighted by molar-refractivity contribution is 0.102. The SMILES string of the molecule is Cc1cccc(C(=O)c2nccn2Cc2ccccc2)c1Br. The van der Waals surface area contributed by atoms with Gasteiger partial charge in [-0.15, -0.1) is 0 Å². The summed E-state index contributed by atoms with van der Waals surface area (Å²) < 4.78 is 2.71. The third kappa shape index (κ3) is 2.88. The number of hydrogen-bond acceptors (Lipinski definition) is 2. The van der Waals surface area contributed by atoms with E-state index in [4.69, 9.17) is 0 Å². The van der Waals surface area contributed by atoms with Gasteiger partial charge in [-0.1, -0.05) is 42.5 Å². The molecular formula is C18H15BrN2O. The van der Waals surface area contributed by atoms with E-state index < -0.39 is 0 Å². The maximum atomic E-state index is 12.8. The first-order valence-corrected chi connectivity index (χ1v) is 7.81. The van der Waals surface area contributed by atoms with Crippen molar-refractivity contribution in [1.82, 2.24) is 9.55 Å². The van der Waals surface area contributed by atoms with Crippen LogP contribution in [0.25, 0.3) is 0 Å². The number of carbonyl (C=O) groups is 1. The Hall–Kier alpha value is -2.20. The fraction of sp³-hybridized carbons (Fsp3) is 0.111. The van der Waals surface area contributed by atoms with Crippen molar-refractivity contribution in [2.45, 2.75) is 13.5 Å². The normalized spacial score (nSPS) is 10.6. The number of imidazole rings is 1. The number of halogens is 1. The van der Waals surface area contributed by atoms with E-state index in [-0.39, 0.29) is 5.78 Å². The Bertz CT molecular complexity index is 809. The van der Waals surface area contributed by atoms with Crippen molar-refractivity contribution in [2.75, 3.05) is 0 Å². The summed E-state index contributed by atoms with van der Waals surface area (Å²) in [6.07, 6.45) is 3.50. The summed E-state index contributed by atoms with van der Waals surface area (Å²) >= 11 is 3.50. The molecule has 3 nitrogen and oxygen atoms in total. The zero-order chi connectivity index (χ0) is 15.5. The van der Waals surface area contributed by atoms with E-state index in [9.17, 15) is 4.79 Å². The quantitative estimate of drug-likeness (QED) is 0.657. The topological polar surface area (TPSA) is 34.9 Å². The average molecular weight is 355 g/mol. The number of nitrogens with zero attached hydrogens (tertiary/aromatic N) is 2. The smallest absolute Gasteiger partial charge is 0.229 e. The van der Waals surface area contributed by atoms with Crippen molar-refractivity contribution < 1.29 is 4.79 Å². The number of benzene rings is 2. The molecule has 0 fully saturated rings. The number of rotatable bonds is 4. The number of carbonyl (C=O) groups excluding carboxylic acids is 1. The van der Waals surface area contributed by atoms with Gasteiger partial charge in [-0.05, 0) is 40.0 Å². The second kappa shape index (κ2) is 6.28. The molecule has 22 heavy (non-hydrogen) atoms. The third-order valence-electron chi connectivity index (χ3n) is 3.55. The molecule has 2 aromatic carbocycles. The summed E-state index contributed by atoms with van der Waals surface area (Å²) in [4.78, 5) is 17.0. The highest BCUT2D eigenvalue weighted by Gasteiger charge is 2.18. The van der Waals surface area contributed by atoms with Crippen LogP contribution in [0.15, 0.2) is 65.4 Å². The van der Waals surface area contributed by atoms with Crippen LogP contribution < -0.4 is 0 Å². The van der Waals surface area contributed by atoms with Crippen LogP contribution >= 0.6 is 15.9 Å². The van der Waals surface area contributed by atoms with E-state index in [0.29, 0.717) is 17.9 Å². The van der Waals surface area contributed by atoms with Crippen molar-refractivity contribution in [1.29, 1.82) is 0 Å². The number of aryl methyl sites for hydroxylation is 1. The maximum absolute atomic E-state index is 12.8. The van der Waals surface area contributed by atoms with Crippen molar-refractivity contribution >= 4 is 21.7 Å². The maximum Gasteiger partial charge on any atom is 0.229 e. The molecule has 0 unspecified atom stereocenters. The van der Waals surface area contributed by atoms with Gasteiger partial charge in [-0.25, -0.2) is 4.98 Å². The Morgan fingerprint density at radius 3 is 2.68 bits per heavy atom. The minimum atomic E-state index is -0.0727. The molecule has 0 saturated heterocycles. The zero-order valence-electron chi connectivity index (χ0n) is 12.2. The second-order valence-corrected chi connectivity index (χ2v) is 5.92. The molecule has 0 N–H and O–H groups in total. The molecule has 0 amide bonds.